The maximum absolute atomic E-state index is 15.3. The van der Waals surface area contributed by atoms with Crippen LogP contribution in [-0.4, -0.2) is 38.0 Å². The van der Waals surface area contributed by atoms with Crippen LogP contribution in [0.15, 0.2) is 29.2 Å². The molecule has 1 aliphatic carbocycles. The van der Waals surface area contributed by atoms with Gasteiger partial charge in [0.2, 0.25) is 20.7 Å². The number of aryl methyl sites for hydroxylation is 1. The Morgan fingerprint density at radius 1 is 1.23 bits per heavy atom. The molecule has 1 aromatic carbocycles. The molecule has 1 amide bonds. The first kappa shape index (κ1) is 19.3. The van der Waals surface area contributed by atoms with Crippen LogP contribution in [0.5, 0.6) is 0 Å². The van der Waals surface area contributed by atoms with E-state index in [4.69, 9.17) is 0 Å². The molecule has 2 aliphatic rings. The second-order valence-electron chi connectivity index (χ2n) is 7.49. The topological polar surface area (TPSA) is 75.3 Å². The van der Waals surface area contributed by atoms with Gasteiger partial charge in [-0.15, -0.1) is 0 Å². The van der Waals surface area contributed by atoms with E-state index < -0.39 is 14.8 Å². The zero-order chi connectivity index (χ0) is 18.8. The summed E-state index contributed by atoms with van der Waals surface area (Å²) in [7, 11) is -4.05. The van der Waals surface area contributed by atoms with Crippen LogP contribution in [0, 0.1) is 6.92 Å². The largest absolute Gasteiger partial charge is 0.352 e. The molecular weight excluding hydrogens is 355 g/mol. The molecule has 1 saturated carbocycles. The molecule has 0 bridgehead atoms. The molecule has 1 aromatic rings. The number of benzene rings is 1. The maximum Gasteiger partial charge on any atom is 0.237 e. The van der Waals surface area contributed by atoms with Crippen molar-refractivity contribution in [3.63, 3.8) is 0 Å². The van der Waals surface area contributed by atoms with Crippen molar-refractivity contribution in [1.29, 1.82) is 0 Å². The van der Waals surface area contributed by atoms with Crippen LogP contribution >= 0.6 is 0 Å². The van der Waals surface area contributed by atoms with E-state index in [1.165, 1.54) is 12.1 Å². The van der Waals surface area contributed by atoms with Crippen molar-refractivity contribution >= 4 is 15.7 Å². The number of rotatable bonds is 4. The lowest BCUT2D eigenvalue weighted by molar-refractivity contribution is -0.124. The number of halogens is 1. The lowest BCUT2D eigenvalue weighted by Crippen LogP contribution is -2.51. The fourth-order valence-corrected chi connectivity index (χ4v) is 5.63. The Morgan fingerprint density at radius 3 is 2.58 bits per heavy atom. The highest BCUT2D eigenvalue weighted by molar-refractivity contribution is 7.92. The summed E-state index contributed by atoms with van der Waals surface area (Å²) in [4.78, 5) is 12.3. The molecule has 2 N–H and O–H groups in total. The number of hydrogen-bond acceptors (Lipinski definition) is 4. The summed E-state index contributed by atoms with van der Waals surface area (Å²) in [6, 6.07) is 6.04. The molecule has 26 heavy (non-hydrogen) atoms. The second-order valence-corrected chi connectivity index (χ2v) is 9.70. The quantitative estimate of drug-likeness (QED) is 0.839. The van der Waals surface area contributed by atoms with E-state index in [0.717, 1.165) is 31.4 Å². The van der Waals surface area contributed by atoms with Crippen molar-refractivity contribution in [2.24, 2.45) is 0 Å². The van der Waals surface area contributed by atoms with E-state index in [1.54, 1.807) is 19.1 Å². The van der Waals surface area contributed by atoms with Gasteiger partial charge in [-0.25, -0.2) is 12.8 Å². The number of piperidine rings is 1. The Bertz CT molecular complexity index is 752. The third-order valence-electron chi connectivity index (χ3n) is 5.49. The molecule has 1 saturated heterocycles. The van der Waals surface area contributed by atoms with Gasteiger partial charge in [-0.1, -0.05) is 18.6 Å². The third-order valence-corrected chi connectivity index (χ3v) is 7.73. The van der Waals surface area contributed by atoms with E-state index >= 15 is 4.39 Å². The Labute approximate surface area is 154 Å². The van der Waals surface area contributed by atoms with E-state index in [0.29, 0.717) is 12.8 Å². The number of carbonyl (C=O) groups excluding carboxylic acids is 1. The minimum Gasteiger partial charge on any atom is -0.352 e. The molecule has 1 aliphatic heterocycles. The van der Waals surface area contributed by atoms with Crippen molar-refractivity contribution < 1.29 is 17.6 Å². The van der Waals surface area contributed by atoms with Crippen LogP contribution in [0.25, 0.3) is 0 Å². The van der Waals surface area contributed by atoms with Crippen LogP contribution in [0.2, 0.25) is 0 Å². The molecule has 144 valence electrons. The zero-order valence-electron chi connectivity index (χ0n) is 15.1. The van der Waals surface area contributed by atoms with Gasteiger partial charge in [0.05, 0.1) is 10.9 Å². The van der Waals surface area contributed by atoms with Crippen molar-refractivity contribution in [2.45, 2.75) is 73.8 Å². The highest BCUT2D eigenvalue weighted by atomic mass is 32.2. The van der Waals surface area contributed by atoms with Crippen molar-refractivity contribution in [1.82, 2.24) is 10.6 Å². The van der Waals surface area contributed by atoms with Crippen LogP contribution in [-0.2, 0) is 14.6 Å². The molecule has 0 unspecified atom stereocenters. The van der Waals surface area contributed by atoms with Gasteiger partial charge in [0, 0.05) is 6.04 Å². The zero-order valence-corrected chi connectivity index (χ0v) is 15.9. The maximum atomic E-state index is 15.3. The normalized spacial score (nSPS) is 29.9. The summed E-state index contributed by atoms with van der Waals surface area (Å²) in [5, 5.41) is 3.90. The predicted octanol–water partition coefficient (Wildman–Crippen LogP) is 2.64. The fraction of sp³-hybridized carbons (Fsp3) is 0.632. The standard InChI is InChI=1S/C19H27FN2O3S/c1-14-5-4-6-16(13-14)26(24,25)19(20)10-8-15(9-11-19)22-18(23)17-7-2-3-12-21-17/h4-6,13,15,17,21H,2-3,7-12H2,1H3,(H,22,23)/t15-,17-,19+/m0/s1. The average Bonchev–Trinajstić information content (AvgIpc) is 2.64. The van der Waals surface area contributed by atoms with Crippen molar-refractivity contribution in [3.05, 3.63) is 29.8 Å². The minimum absolute atomic E-state index is 0.0360. The summed E-state index contributed by atoms with van der Waals surface area (Å²) in [5.41, 5.74) is 0.788. The van der Waals surface area contributed by atoms with Gasteiger partial charge in [0.15, 0.2) is 0 Å². The summed E-state index contributed by atoms with van der Waals surface area (Å²) in [5.74, 6) is -0.0531. The molecule has 0 radical (unpaired) electrons. The lowest BCUT2D eigenvalue weighted by Gasteiger charge is -2.34. The molecule has 1 heterocycles. The first-order valence-corrected chi connectivity index (χ1v) is 10.8. The van der Waals surface area contributed by atoms with Gasteiger partial charge < -0.3 is 10.6 Å². The van der Waals surface area contributed by atoms with Gasteiger partial charge >= 0.3 is 0 Å². The monoisotopic (exact) mass is 382 g/mol. The summed E-state index contributed by atoms with van der Waals surface area (Å²) >= 11 is 0. The summed E-state index contributed by atoms with van der Waals surface area (Å²) < 4.78 is 40.9. The molecule has 1 atom stereocenters. The fourth-order valence-electron chi connectivity index (χ4n) is 3.83. The van der Waals surface area contributed by atoms with Gasteiger partial charge in [-0.3, -0.25) is 4.79 Å². The van der Waals surface area contributed by atoms with Gasteiger partial charge in [-0.05, 0) is 69.7 Å². The first-order valence-electron chi connectivity index (χ1n) is 9.36. The van der Waals surface area contributed by atoms with Crippen LogP contribution < -0.4 is 10.6 Å². The first-order chi connectivity index (χ1) is 12.3. The molecule has 3 rings (SSSR count). The SMILES string of the molecule is Cc1cccc(S(=O)(=O)[C@]2(F)CC[C@H](NC(=O)[C@@H]3CCCCN3)CC2)c1. The van der Waals surface area contributed by atoms with Gasteiger partial charge in [0.1, 0.15) is 0 Å². The molecule has 7 heteroatoms. The predicted molar refractivity (Wildman–Crippen MR) is 98.2 cm³/mol. The Morgan fingerprint density at radius 2 is 1.96 bits per heavy atom. The molecule has 5 nitrogen and oxygen atoms in total. The molecule has 2 fully saturated rings. The number of nitrogens with one attached hydrogen (secondary N) is 2. The average molecular weight is 383 g/mol. The van der Waals surface area contributed by atoms with Crippen LogP contribution in [0.3, 0.4) is 0 Å². The Balaban J connectivity index is 1.62. The highest BCUT2D eigenvalue weighted by Gasteiger charge is 2.48. The van der Waals surface area contributed by atoms with Crippen molar-refractivity contribution in [2.75, 3.05) is 6.54 Å². The van der Waals surface area contributed by atoms with E-state index in [-0.39, 0.29) is 35.7 Å². The number of alkyl halides is 1. The minimum atomic E-state index is -4.05. The molecule has 0 spiro atoms. The molecule has 0 aromatic heterocycles. The van der Waals surface area contributed by atoms with E-state index in [2.05, 4.69) is 10.6 Å². The number of amides is 1. The number of sulfone groups is 1. The Hall–Kier alpha value is -1.47. The smallest absolute Gasteiger partial charge is 0.237 e. The van der Waals surface area contributed by atoms with E-state index in [1.807, 2.05) is 0 Å². The lowest BCUT2D eigenvalue weighted by atomic mass is 9.93. The Kier molecular flexibility index (Phi) is 5.67. The van der Waals surface area contributed by atoms with Gasteiger partial charge in [0.25, 0.3) is 0 Å². The molecular formula is C19H27FN2O3S. The highest BCUT2D eigenvalue weighted by Crippen LogP contribution is 2.40. The number of carbonyl (C=O) groups is 1. The van der Waals surface area contributed by atoms with Gasteiger partial charge in [-0.2, -0.15) is 0 Å². The summed E-state index contributed by atoms with van der Waals surface area (Å²) in [6.45, 7) is 2.63. The third kappa shape index (κ3) is 3.93. The number of hydrogen-bond donors (Lipinski definition) is 2. The van der Waals surface area contributed by atoms with E-state index in [9.17, 15) is 13.2 Å². The van der Waals surface area contributed by atoms with Crippen LogP contribution in [0.4, 0.5) is 4.39 Å². The summed E-state index contributed by atoms with van der Waals surface area (Å²) in [6.07, 6.45) is 3.40. The second kappa shape index (κ2) is 7.64. The van der Waals surface area contributed by atoms with Crippen LogP contribution in [0.1, 0.15) is 50.5 Å². The van der Waals surface area contributed by atoms with Crippen molar-refractivity contribution in [3.8, 4) is 0 Å².